The highest BCUT2D eigenvalue weighted by molar-refractivity contribution is 7.15. The van der Waals surface area contributed by atoms with E-state index in [9.17, 15) is 19.5 Å². The van der Waals surface area contributed by atoms with Gasteiger partial charge in [-0.3, -0.25) is 23.9 Å². The lowest BCUT2D eigenvalue weighted by Gasteiger charge is -2.28. The van der Waals surface area contributed by atoms with Crippen LogP contribution in [-0.2, 0) is 19.1 Å². The van der Waals surface area contributed by atoms with Gasteiger partial charge in [-0.25, -0.2) is 4.68 Å². The summed E-state index contributed by atoms with van der Waals surface area (Å²) in [7, 11) is 0. The van der Waals surface area contributed by atoms with Gasteiger partial charge in [0.15, 0.2) is 5.82 Å². The number of amides is 2. The molecule has 5 heterocycles. The third-order valence-electron chi connectivity index (χ3n) is 10.8. The van der Waals surface area contributed by atoms with Crippen LogP contribution in [0.3, 0.4) is 0 Å². The van der Waals surface area contributed by atoms with Crippen molar-refractivity contribution in [2.75, 3.05) is 50.2 Å². The second kappa shape index (κ2) is 19.0. The predicted molar refractivity (Wildman–Crippen MR) is 237 cm³/mol. The second-order valence-electron chi connectivity index (χ2n) is 15.0. The summed E-state index contributed by atoms with van der Waals surface area (Å²) in [6, 6.07) is 18.9. The maximum absolute atomic E-state index is 13.5. The fourth-order valence-corrected chi connectivity index (χ4v) is 8.84. The molecule has 4 N–H and O–H groups in total. The van der Waals surface area contributed by atoms with E-state index in [1.165, 1.54) is 9.56 Å². The average molecular weight is 880 g/mol. The Balaban J connectivity index is 0.756. The number of aliphatic hydroxyl groups excluding tert-OH is 1. The van der Waals surface area contributed by atoms with Crippen molar-refractivity contribution in [1.29, 1.82) is 0 Å². The summed E-state index contributed by atoms with van der Waals surface area (Å²) < 4.78 is 20.5. The molecular formula is C44H46ClN9O7S. The molecular weight excluding hydrogens is 834 g/mol. The standard InChI is InChI=1S/C44H46ClN9O7S/c1-25-26(2)62-44-39(25)40(28-4-6-30(45)7-5-28)49-35(41-52-51-27(3)53(41)44)23-38(56)48-31-8-11-33(12-9-31)61-21-20-60-19-18-59-17-16-46-32-10-13-34-29(22-32)24-47-54(43(34)58)36-14-15-37(55)50-42(36)57/h4-13,22,24,35-36,42,46,57H,14-21,23H2,1-3H3,(H,48,56)(H,50,55)/t35-,36?,42?/m0/s1. The first-order valence-electron chi connectivity index (χ1n) is 20.3. The second-order valence-corrected chi connectivity index (χ2v) is 16.6. The van der Waals surface area contributed by atoms with Crippen LogP contribution in [0.4, 0.5) is 11.4 Å². The minimum absolute atomic E-state index is 0.0592. The van der Waals surface area contributed by atoms with E-state index >= 15 is 0 Å². The number of aliphatic imine (C=N–C) groups is 1. The van der Waals surface area contributed by atoms with Crippen LogP contribution < -0.4 is 26.2 Å². The van der Waals surface area contributed by atoms with Gasteiger partial charge in [0, 0.05) is 50.8 Å². The normalized spacial score (nSPS) is 17.1. The first-order chi connectivity index (χ1) is 30.0. The first kappa shape index (κ1) is 42.7. The van der Waals surface area contributed by atoms with Gasteiger partial charge in [-0.1, -0.05) is 23.7 Å². The van der Waals surface area contributed by atoms with Crippen molar-refractivity contribution in [3.8, 4) is 10.8 Å². The minimum Gasteiger partial charge on any atom is -0.491 e. The van der Waals surface area contributed by atoms with E-state index in [4.69, 9.17) is 30.8 Å². The SMILES string of the molecule is Cc1sc2c(c1C)C(c1ccc(Cl)cc1)=N[C@@H](CC(=O)Nc1ccc(OCCOCCOCCNc3ccc4c(=O)n(C5CCC(=O)NC5O)ncc4c3)cc1)c1nnc(C)n1-2. The van der Waals surface area contributed by atoms with Crippen molar-refractivity contribution in [3.05, 3.63) is 122 Å². The number of nitrogens with one attached hydrogen (secondary N) is 3. The molecule has 18 heteroatoms. The lowest BCUT2D eigenvalue weighted by molar-refractivity contribution is -0.128. The number of ether oxygens (including phenoxy) is 3. The van der Waals surface area contributed by atoms with Crippen molar-refractivity contribution in [2.24, 2.45) is 4.99 Å². The number of aryl methyl sites for hydroxylation is 2. The minimum atomic E-state index is -1.16. The third-order valence-corrected chi connectivity index (χ3v) is 12.2. The molecule has 1 saturated heterocycles. The van der Waals surface area contributed by atoms with Gasteiger partial charge < -0.3 is 35.3 Å². The molecule has 0 saturated carbocycles. The molecule has 322 valence electrons. The molecule has 1 fully saturated rings. The van der Waals surface area contributed by atoms with E-state index in [0.717, 1.165) is 38.9 Å². The van der Waals surface area contributed by atoms with Crippen LogP contribution in [0, 0.1) is 20.8 Å². The molecule has 0 aliphatic carbocycles. The molecule has 2 amide bonds. The molecule has 2 aliphatic heterocycles. The lowest BCUT2D eigenvalue weighted by atomic mass is 9.99. The highest BCUT2D eigenvalue weighted by Crippen LogP contribution is 2.40. The number of fused-ring (bicyclic) bond motifs is 4. The summed E-state index contributed by atoms with van der Waals surface area (Å²) in [5, 5.41) is 34.9. The quantitative estimate of drug-likeness (QED) is 0.0855. The van der Waals surface area contributed by atoms with Crippen molar-refractivity contribution in [3.63, 3.8) is 0 Å². The number of rotatable bonds is 16. The molecule has 6 aromatic rings. The number of halogens is 1. The fraction of sp³-hybridized carbons (Fsp3) is 0.341. The molecule has 2 aliphatic rings. The van der Waals surface area contributed by atoms with Gasteiger partial charge >= 0.3 is 0 Å². The number of nitrogens with zero attached hydrogens (tertiary/aromatic N) is 6. The number of piperidine rings is 1. The zero-order valence-electron chi connectivity index (χ0n) is 34.4. The monoisotopic (exact) mass is 879 g/mol. The van der Waals surface area contributed by atoms with Crippen molar-refractivity contribution >= 4 is 62.6 Å². The predicted octanol–water partition coefficient (Wildman–Crippen LogP) is 5.83. The zero-order chi connectivity index (χ0) is 43.3. The molecule has 0 spiro atoms. The maximum Gasteiger partial charge on any atom is 0.275 e. The Kier molecular flexibility index (Phi) is 13.1. The summed E-state index contributed by atoms with van der Waals surface area (Å²) in [5.41, 5.74) is 4.94. The number of aromatic nitrogens is 5. The van der Waals surface area contributed by atoms with Crippen LogP contribution in [0.15, 0.2) is 82.7 Å². The average Bonchev–Trinajstić information content (AvgIpc) is 3.74. The van der Waals surface area contributed by atoms with Gasteiger partial charge in [0.1, 0.15) is 41.5 Å². The summed E-state index contributed by atoms with van der Waals surface area (Å²) in [6.07, 6.45) is 1.04. The number of hydrogen-bond donors (Lipinski definition) is 4. The summed E-state index contributed by atoms with van der Waals surface area (Å²) in [4.78, 5) is 44.5. The van der Waals surface area contributed by atoms with Crippen molar-refractivity contribution in [1.82, 2.24) is 29.9 Å². The molecule has 0 radical (unpaired) electrons. The summed E-state index contributed by atoms with van der Waals surface area (Å²) >= 11 is 7.90. The van der Waals surface area contributed by atoms with Crippen LogP contribution in [0.5, 0.6) is 5.75 Å². The highest BCUT2D eigenvalue weighted by atomic mass is 35.5. The van der Waals surface area contributed by atoms with Gasteiger partial charge in [-0.05, 0) is 87.4 Å². The van der Waals surface area contributed by atoms with Crippen LogP contribution in [0.2, 0.25) is 5.02 Å². The maximum atomic E-state index is 13.5. The largest absolute Gasteiger partial charge is 0.491 e. The Morgan fingerprint density at radius 2 is 1.69 bits per heavy atom. The Morgan fingerprint density at radius 1 is 0.952 bits per heavy atom. The van der Waals surface area contributed by atoms with E-state index in [-0.39, 0.29) is 30.2 Å². The van der Waals surface area contributed by atoms with Crippen LogP contribution >= 0.6 is 22.9 Å². The smallest absolute Gasteiger partial charge is 0.275 e. The van der Waals surface area contributed by atoms with Gasteiger partial charge in [0.25, 0.3) is 5.56 Å². The molecule has 3 aromatic carbocycles. The number of thiophene rings is 1. The number of anilines is 2. The first-order valence-corrected chi connectivity index (χ1v) is 21.5. The molecule has 8 rings (SSSR count). The number of hydrogen-bond acceptors (Lipinski definition) is 13. The fourth-order valence-electron chi connectivity index (χ4n) is 7.50. The third kappa shape index (κ3) is 9.41. The van der Waals surface area contributed by atoms with E-state index in [1.54, 1.807) is 47.9 Å². The van der Waals surface area contributed by atoms with Gasteiger partial charge in [-0.15, -0.1) is 21.5 Å². The Labute approximate surface area is 365 Å². The Bertz CT molecular complexity index is 2680. The number of carbonyl (C=O) groups is 2. The topological polar surface area (TPSA) is 196 Å². The molecule has 16 nitrogen and oxygen atoms in total. The van der Waals surface area contributed by atoms with E-state index < -0.39 is 18.3 Å². The van der Waals surface area contributed by atoms with Gasteiger partial charge in [0.2, 0.25) is 11.8 Å². The zero-order valence-corrected chi connectivity index (χ0v) is 36.0. The molecule has 2 unspecified atom stereocenters. The highest BCUT2D eigenvalue weighted by Gasteiger charge is 2.33. The number of aliphatic hydroxyl groups is 1. The molecule has 3 aromatic heterocycles. The van der Waals surface area contributed by atoms with E-state index in [2.05, 4.69) is 45.1 Å². The summed E-state index contributed by atoms with van der Waals surface area (Å²) in [5.74, 6) is 1.52. The van der Waals surface area contributed by atoms with Crippen molar-refractivity contribution < 1.29 is 28.9 Å². The number of benzene rings is 3. The van der Waals surface area contributed by atoms with E-state index in [1.807, 2.05) is 47.9 Å². The summed E-state index contributed by atoms with van der Waals surface area (Å²) in [6.45, 7) is 8.60. The van der Waals surface area contributed by atoms with Crippen LogP contribution in [0.25, 0.3) is 15.8 Å². The van der Waals surface area contributed by atoms with Crippen LogP contribution in [-0.4, -0.2) is 93.0 Å². The van der Waals surface area contributed by atoms with E-state index in [0.29, 0.717) is 79.1 Å². The van der Waals surface area contributed by atoms with Crippen molar-refractivity contribution in [2.45, 2.75) is 58.3 Å². The molecule has 3 atom stereocenters. The van der Waals surface area contributed by atoms with Gasteiger partial charge in [-0.2, -0.15) is 5.10 Å². The van der Waals surface area contributed by atoms with Crippen LogP contribution in [0.1, 0.15) is 64.6 Å². The van der Waals surface area contributed by atoms with Gasteiger partial charge in [0.05, 0.1) is 50.1 Å². The molecule has 62 heavy (non-hydrogen) atoms. The Hall–Kier alpha value is -5.98. The Morgan fingerprint density at radius 3 is 2.47 bits per heavy atom. The molecule has 0 bridgehead atoms. The lowest BCUT2D eigenvalue weighted by Crippen LogP contribution is -2.48. The number of carbonyl (C=O) groups excluding carboxylic acids is 2.